The van der Waals surface area contributed by atoms with Crippen LogP contribution in [0.2, 0.25) is 18.1 Å². The van der Waals surface area contributed by atoms with Crippen molar-refractivity contribution in [1.29, 1.82) is 0 Å². The van der Waals surface area contributed by atoms with E-state index in [2.05, 4.69) is 61.6 Å². The third-order valence-corrected chi connectivity index (χ3v) is 16.6. The summed E-state index contributed by atoms with van der Waals surface area (Å²) >= 11 is 0. The summed E-state index contributed by atoms with van der Waals surface area (Å²) in [5.41, 5.74) is 1.57. The molecular formula is C31H52O5Si. The maximum absolute atomic E-state index is 12.2. The zero-order valence-electron chi connectivity index (χ0n) is 25.1. The molecule has 4 saturated carbocycles. The van der Waals surface area contributed by atoms with E-state index in [4.69, 9.17) is 18.6 Å². The van der Waals surface area contributed by atoms with Crippen LogP contribution in [0.15, 0.2) is 11.6 Å². The van der Waals surface area contributed by atoms with E-state index in [-0.39, 0.29) is 34.0 Å². The zero-order valence-corrected chi connectivity index (χ0v) is 26.1. The highest BCUT2D eigenvalue weighted by Gasteiger charge is 2.68. The quantitative estimate of drug-likeness (QED) is 0.217. The molecule has 0 spiro atoms. The monoisotopic (exact) mass is 532 g/mol. The van der Waals surface area contributed by atoms with Crippen LogP contribution in [0.5, 0.6) is 0 Å². The van der Waals surface area contributed by atoms with Crippen molar-refractivity contribution in [3.8, 4) is 0 Å². The number of esters is 1. The summed E-state index contributed by atoms with van der Waals surface area (Å²) in [7, 11) is -0.357. The van der Waals surface area contributed by atoms with Gasteiger partial charge in [0.05, 0.1) is 19.3 Å². The van der Waals surface area contributed by atoms with Crippen LogP contribution in [0.1, 0.15) is 93.4 Å². The van der Waals surface area contributed by atoms with Gasteiger partial charge in [0.15, 0.2) is 14.1 Å². The number of rotatable bonds is 3. The van der Waals surface area contributed by atoms with Gasteiger partial charge in [0.1, 0.15) is 0 Å². The molecule has 0 bridgehead atoms. The number of methoxy groups -OCH3 is 1. The summed E-state index contributed by atoms with van der Waals surface area (Å²) in [4.78, 5) is 12.2. The average Bonchev–Trinajstić information content (AvgIpc) is 3.29. The number of hydrogen-bond donors (Lipinski definition) is 0. The number of fused-ring (bicyclic) bond motifs is 8. The zero-order chi connectivity index (χ0) is 27.2. The summed E-state index contributed by atoms with van der Waals surface area (Å²) in [6.45, 7) is 21.0. The number of carbonyl (C=O) groups excluding carboxylic acids is 1. The minimum Gasteiger partial charge on any atom is -0.466 e. The first-order valence-electron chi connectivity index (χ1n) is 14.8. The molecule has 210 valence electrons. The molecular weight excluding hydrogens is 480 g/mol. The van der Waals surface area contributed by atoms with Crippen molar-refractivity contribution >= 4 is 14.3 Å². The predicted octanol–water partition coefficient (Wildman–Crippen LogP) is 7.26. The van der Waals surface area contributed by atoms with Crippen LogP contribution in [0.3, 0.4) is 0 Å². The van der Waals surface area contributed by atoms with Crippen LogP contribution in [0.4, 0.5) is 0 Å². The minimum absolute atomic E-state index is 0.0435. The second-order valence-corrected chi connectivity index (χ2v) is 20.2. The number of hydrogen-bond acceptors (Lipinski definition) is 5. The normalized spacial score (nSPS) is 46.1. The van der Waals surface area contributed by atoms with Gasteiger partial charge in [0.2, 0.25) is 0 Å². The van der Waals surface area contributed by atoms with Gasteiger partial charge in [0, 0.05) is 12.2 Å². The maximum atomic E-state index is 12.2. The molecule has 5 nitrogen and oxygen atoms in total. The lowest BCUT2D eigenvalue weighted by Gasteiger charge is -2.63. The molecule has 1 saturated heterocycles. The Balaban J connectivity index is 1.47. The first-order chi connectivity index (χ1) is 17.0. The standard InChI is InChI=1S/C31H52O5Si/c1-28(2,3)37(9,10)36-20-13-15-31(7)22-14-16-30(6)19(17-24(32)33-8)11-12-21(30)25(22)27-26(23(31)18-20)34-29(4,5)35-27/h17,20-23,25-27H,11-16,18H2,1-10H3/t20-,21?,22?,23?,25?,26+,27+,30+,31+/m0/s1. The van der Waals surface area contributed by atoms with E-state index in [1.807, 2.05) is 0 Å². The van der Waals surface area contributed by atoms with Gasteiger partial charge in [0.25, 0.3) is 0 Å². The van der Waals surface area contributed by atoms with E-state index in [1.54, 1.807) is 6.08 Å². The van der Waals surface area contributed by atoms with Gasteiger partial charge < -0.3 is 18.6 Å². The fraction of sp³-hybridized carbons (Fsp3) is 0.903. The summed E-state index contributed by atoms with van der Waals surface area (Å²) in [5, 5.41) is 0.217. The second kappa shape index (κ2) is 8.91. The van der Waals surface area contributed by atoms with E-state index in [9.17, 15) is 4.79 Å². The molecule has 0 aromatic carbocycles. The predicted molar refractivity (Wildman–Crippen MR) is 148 cm³/mol. The largest absolute Gasteiger partial charge is 0.466 e. The Kier molecular flexibility index (Phi) is 6.71. The van der Waals surface area contributed by atoms with Crippen LogP contribution in [0, 0.1) is 34.5 Å². The molecule has 37 heavy (non-hydrogen) atoms. The molecule has 6 heteroatoms. The summed E-state index contributed by atoms with van der Waals surface area (Å²) in [6, 6.07) is 0. The molecule has 0 amide bonds. The van der Waals surface area contributed by atoms with Crippen LogP contribution in [0.25, 0.3) is 0 Å². The summed E-state index contributed by atoms with van der Waals surface area (Å²) < 4.78 is 25.7. The molecule has 4 unspecified atom stereocenters. The molecule has 0 aromatic rings. The van der Waals surface area contributed by atoms with E-state index < -0.39 is 14.1 Å². The van der Waals surface area contributed by atoms with Crippen molar-refractivity contribution in [1.82, 2.24) is 0 Å². The van der Waals surface area contributed by atoms with Crippen molar-refractivity contribution in [2.45, 2.75) is 136 Å². The Hall–Kier alpha value is -0.693. The van der Waals surface area contributed by atoms with E-state index in [1.165, 1.54) is 25.5 Å². The van der Waals surface area contributed by atoms with Crippen molar-refractivity contribution in [3.63, 3.8) is 0 Å². The topological polar surface area (TPSA) is 54.0 Å². The van der Waals surface area contributed by atoms with Gasteiger partial charge in [-0.2, -0.15) is 0 Å². The molecule has 4 aliphatic carbocycles. The van der Waals surface area contributed by atoms with Crippen LogP contribution in [-0.4, -0.2) is 45.5 Å². The third kappa shape index (κ3) is 4.40. The van der Waals surface area contributed by atoms with E-state index in [0.29, 0.717) is 29.8 Å². The molecule has 0 N–H and O–H groups in total. The van der Waals surface area contributed by atoms with Gasteiger partial charge in [-0.3, -0.25) is 0 Å². The van der Waals surface area contributed by atoms with Gasteiger partial charge >= 0.3 is 5.97 Å². The molecule has 0 radical (unpaired) electrons. The summed E-state index contributed by atoms with van der Waals surface area (Å²) in [5.74, 6) is 1.30. The van der Waals surface area contributed by atoms with Crippen LogP contribution in [-0.2, 0) is 23.4 Å². The Labute approximate surface area is 226 Å². The van der Waals surface area contributed by atoms with Gasteiger partial charge in [-0.1, -0.05) is 40.2 Å². The fourth-order valence-corrected chi connectivity index (χ4v) is 10.5. The highest BCUT2D eigenvalue weighted by molar-refractivity contribution is 6.74. The van der Waals surface area contributed by atoms with Gasteiger partial charge in [-0.15, -0.1) is 0 Å². The van der Waals surface area contributed by atoms with Crippen molar-refractivity contribution in [3.05, 3.63) is 11.6 Å². The highest BCUT2D eigenvalue weighted by atomic mass is 28.4. The summed E-state index contributed by atoms with van der Waals surface area (Å²) in [6.07, 6.45) is 10.3. The minimum atomic E-state index is -1.84. The van der Waals surface area contributed by atoms with Crippen molar-refractivity contribution in [2.75, 3.05) is 7.11 Å². The lowest BCUT2D eigenvalue weighted by Crippen LogP contribution is -2.63. The molecule has 9 atom stereocenters. The number of carbonyl (C=O) groups is 1. The lowest BCUT2D eigenvalue weighted by molar-refractivity contribution is -0.181. The van der Waals surface area contributed by atoms with Gasteiger partial charge in [-0.05, 0) is 111 Å². The number of ether oxygens (including phenoxy) is 3. The van der Waals surface area contributed by atoms with Crippen LogP contribution >= 0.6 is 0 Å². The Morgan fingerprint density at radius 3 is 2.30 bits per heavy atom. The third-order valence-electron chi connectivity index (χ3n) is 12.1. The van der Waals surface area contributed by atoms with Crippen molar-refractivity contribution < 1.29 is 23.4 Å². The highest BCUT2D eigenvalue weighted by Crippen LogP contribution is 2.69. The average molecular weight is 533 g/mol. The smallest absolute Gasteiger partial charge is 0.330 e. The molecule has 5 fully saturated rings. The number of allylic oxidation sites excluding steroid dienone is 1. The van der Waals surface area contributed by atoms with Crippen LogP contribution < -0.4 is 0 Å². The Morgan fingerprint density at radius 1 is 0.973 bits per heavy atom. The van der Waals surface area contributed by atoms with E-state index >= 15 is 0 Å². The van der Waals surface area contributed by atoms with E-state index in [0.717, 1.165) is 32.1 Å². The Morgan fingerprint density at radius 2 is 1.65 bits per heavy atom. The molecule has 5 rings (SSSR count). The maximum Gasteiger partial charge on any atom is 0.330 e. The fourth-order valence-electron chi connectivity index (χ4n) is 9.13. The first kappa shape index (κ1) is 27.9. The van der Waals surface area contributed by atoms with Gasteiger partial charge in [-0.25, -0.2) is 4.79 Å². The second-order valence-electron chi connectivity index (χ2n) is 15.4. The molecule has 0 aromatic heterocycles. The first-order valence-corrected chi connectivity index (χ1v) is 17.8. The molecule has 1 heterocycles. The lowest BCUT2D eigenvalue weighted by atomic mass is 9.43. The molecule has 1 aliphatic heterocycles. The Bertz CT molecular complexity index is 950. The van der Waals surface area contributed by atoms with Crippen molar-refractivity contribution in [2.24, 2.45) is 34.5 Å². The molecule has 5 aliphatic rings. The SMILES string of the molecule is COC(=O)C=C1CCC2C3C(CC[C@]12C)[C@@]1(C)CC[C@H](O[Si](C)(C)C(C)(C)C)CC1[C@H]1OC(C)(C)O[C@H]31.